The zero-order valence-corrected chi connectivity index (χ0v) is 10.9. The molecule has 19 heavy (non-hydrogen) atoms. The predicted octanol–water partition coefficient (Wildman–Crippen LogP) is 2.14. The Hall–Kier alpha value is -1.84. The SMILES string of the molecule is O=C(NNC1=NC[C@H]2CCCC[C@H]12)c1ccccc1. The molecule has 1 aliphatic carbocycles. The van der Waals surface area contributed by atoms with Gasteiger partial charge in [-0.05, 0) is 30.9 Å². The lowest BCUT2D eigenvalue weighted by Crippen LogP contribution is -2.44. The molecule has 2 atom stereocenters. The van der Waals surface area contributed by atoms with Crippen molar-refractivity contribution in [1.29, 1.82) is 0 Å². The topological polar surface area (TPSA) is 53.5 Å². The van der Waals surface area contributed by atoms with Gasteiger partial charge in [-0.15, -0.1) is 0 Å². The Kier molecular flexibility index (Phi) is 3.49. The summed E-state index contributed by atoms with van der Waals surface area (Å²) in [5.41, 5.74) is 6.44. The van der Waals surface area contributed by atoms with Gasteiger partial charge in [-0.3, -0.25) is 20.6 Å². The molecule has 1 aromatic rings. The van der Waals surface area contributed by atoms with Crippen LogP contribution in [0.25, 0.3) is 0 Å². The van der Waals surface area contributed by atoms with Gasteiger partial charge in [-0.25, -0.2) is 0 Å². The third-order valence-electron chi connectivity index (χ3n) is 4.10. The number of rotatable bonds is 1. The minimum atomic E-state index is -0.109. The van der Waals surface area contributed by atoms with E-state index in [9.17, 15) is 4.79 Å². The molecule has 2 N–H and O–H groups in total. The Labute approximate surface area is 113 Å². The second kappa shape index (κ2) is 5.43. The van der Waals surface area contributed by atoms with E-state index < -0.39 is 0 Å². The minimum Gasteiger partial charge on any atom is -0.285 e. The highest BCUT2D eigenvalue weighted by atomic mass is 16.2. The molecule has 100 valence electrons. The lowest BCUT2D eigenvalue weighted by Gasteiger charge is -2.26. The first-order valence-corrected chi connectivity index (χ1v) is 7.00. The largest absolute Gasteiger partial charge is 0.285 e. The summed E-state index contributed by atoms with van der Waals surface area (Å²) in [5, 5.41) is 0. The summed E-state index contributed by atoms with van der Waals surface area (Å²) in [7, 11) is 0. The Balaban J connectivity index is 1.57. The van der Waals surface area contributed by atoms with Crippen molar-refractivity contribution in [3.05, 3.63) is 35.9 Å². The highest BCUT2D eigenvalue weighted by Gasteiger charge is 2.33. The van der Waals surface area contributed by atoms with Gasteiger partial charge in [0.2, 0.25) is 0 Å². The maximum Gasteiger partial charge on any atom is 0.269 e. The number of aliphatic imine (C=N–C) groups is 1. The molecular weight excluding hydrogens is 238 g/mol. The molecule has 3 rings (SSSR count). The van der Waals surface area contributed by atoms with E-state index in [1.165, 1.54) is 25.7 Å². The molecule has 0 radical (unpaired) electrons. The molecule has 1 saturated carbocycles. The van der Waals surface area contributed by atoms with E-state index in [4.69, 9.17) is 0 Å². The molecule has 2 aliphatic rings. The lowest BCUT2D eigenvalue weighted by atomic mass is 9.80. The van der Waals surface area contributed by atoms with Crippen LogP contribution in [-0.2, 0) is 0 Å². The second-order valence-corrected chi connectivity index (χ2v) is 5.32. The number of hydrogen-bond acceptors (Lipinski definition) is 3. The van der Waals surface area contributed by atoms with Crippen LogP contribution in [0, 0.1) is 11.8 Å². The van der Waals surface area contributed by atoms with Gasteiger partial charge in [-0.2, -0.15) is 0 Å². The number of benzene rings is 1. The molecule has 1 aromatic carbocycles. The highest BCUT2D eigenvalue weighted by molar-refractivity contribution is 5.96. The first-order chi connectivity index (χ1) is 9.34. The monoisotopic (exact) mass is 257 g/mol. The fraction of sp³-hybridized carbons (Fsp3) is 0.467. The van der Waals surface area contributed by atoms with Crippen molar-refractivity contribution >= 4 is 11.7 Å². The fourth-order valence-corrected chi connectivity index (χ4v) is 3.03. The molecule has 1 heterocycles. The standard InChI is InChI=1S/C15H19N3O/c19-15(11-6-2-1-3-7-11)18-17-14-13-9-5-4-8-12(13)10-16-14/h1-3,6-7,12-13H,4-5,8-10H2,(H,16,17)(H,18,19)/t12-,13+/m1/s1. The average molecular weight is 257 g/mol. The van der Waals surface area contributed by atoms with Gasteiger partial charge in [0.05, 0.1) is 0 Å². The van der Waals surface area contributed by atoms with Crippen molar-refractivity contribution in [2.75, 3.05) is 6.54 Å². The van der Waals surface area contributed by atoms with E-state index in [1.54, 1.807) is 12.1 Å². The number of amides is 1. The van der Waals surface area contributed by atoms with Crippen LogP contribution in [0.5, 0.6) is 0 Å². The van der Waals surface area contributed by atoms with Gasteiger partial charge in [0, 0.05) is 18.0 Å². The summed E-state index contributed by atoms with van der Waals surface area (Å²) in [6, 6.07) is 9.23. The van der Waals surface area contributed by atoms with Crippen molar-refractivity contribution in [3.8, 4) is 0 Å². The molecule has 1 amide bonds. The number of nitrogens with zero attached hydrogens (tertiary/aromatic N) is 1. The van der Waals surface area contributed by atoms with Crippen molar-refractivity contribution in [1.82, 2.24) is 10.9 Å². The number of hydrogen-bond donors (Lipinski definition) is 2. The van der Waals surface area contributed by atoms with E-state index >= 15 is 0 Å². The van der Waals surface area contributed by atoms with Gasteiger partial charge in [0.15, 0.2) is 0 Å². The summed E-state index contributed by atoms with van der Waals surface area (Å²) >= 11 is 0. The normalized spacial score (nSPS) is 25.4. The molecule has 0 aromatic heterocycles. The lowest BCUT2D eigenvalue weighted by molar-refractivity contribution is 0.0942. The first-order valence-electron chi connectivity index (χ1n) is 7.00. The van der Waals surface area contributed by atoms with Crippen molar-refractivity contribution in [2.24, 2.45) is 16.8 Å². The minimum absolute atomic E-state index is 0.109. The van der Waals surface area contributed by atoms with E-state index in [2.05, 4.69) is 15.8 Å². The van der Waals surface area contributed by atoms with Crippen LogP contribution in [0.2, 0.25) is 0 Å². The summed E-state index contributed by atoms with van der Waals surface area (Å²) < 4.78 is 0. The van der Waals surface area contributed by atoms with E-state index in [0.29, 0.717) is 17.4 Å². The number of nitrogens with one attached hydrogen (secondary N) is 2. The predicted molar refractivity (Wildman–Crippen MR) is 74.8 cm³/mol. The summed E-state index contributed by atoms with van der Waals surface area (Å²) in [6.07, 6.45) is 5.05. The van der Waals surface area contributed by atoms with Crippen LogP contribution in [0.1, 0.15) is 36.0 Å². The Morgan fingerprint density at radius 1 is 1.16 bits per heavy atom. The summed E-state index contributed by atoms with van der Waals surface area (Å²) in [4.78, 5) is 16.5. The van der Waals surface area contributed by atoms with Crippen LogP contribution >= 0.6 is 0 Å². The Bertz CT molecular complexity index is 483. The number of carbonyl (C=O) groups excluding carboxylic acids is 1. The van der Waals surface area contributed by atoms with Crippen LogP contribution in [0.15, 0.2) is 35.3 Å². The highest BCUT2D eigenvalue weighted by Crippen LogP contribution is 2.34. The zero-order valence-electron chi connectivity index (χ0n) is 10.9. The molecule has 0 bridgehead atoms. The molecule has 0 saturated heterocycles. The van der Waals surface area contributed by atoms with Crippen LogP contribution in [0.3, 0.4) is 0 Å². The molecule has 0 unspecified atom stereocenters. The first kappa shape index (κ1) is 12.2. The van der Waals surface area contributed by atoms with Gasteiger partial charge >= 0.3 is 0 Å². The maximum atomic E-state index is 11.9. The quantitative estimate of drug-likeness (QED) is 0.757. The second-order valence-electron chi connectivity index (χ2n) is 5.32. The molecule has 0 spiro atoms. The maximum absolute atomic E-state index is 11.9. The molecule has 4 heteroatoms. The number of carbonyl (C=O) groups is 1. The van der Waals surface area contributed by atoms with Gasteiger partial charge < -0.3 is 0 Å². The number of fused-ring (bicyclic) bond motifs is 1. The van der Waals surface area contributed by atoms with Crippen molar-refractivity contribution in [2.45, 2.75) is 25.7 Å². The molecule has 4 nitrogen and oxygen atoms in total. The van der Waals surface area contributed by atoms with Crippen LogP contribution in [0.4, 0.5) is 0 Å². The smallest absolute Gasteiger partial charge is 0.269 e. The van der Waals surface area contributed by atoms with E-state index in [1.807, 2.05) is 18.2 Å². The third kappa shape index (κ3) is 2.62. The van der Waals surface area contributed by atoms with Gasteiger partial charge in [0.25, 0.3) is 5.91 Å². The number of amidine groups is 1. The third-order valence-corrected chi connectivity index (χ3v) is 4.10. The van der Waals surface area contributed by atoms with Gasteiger partial charge in [-0.1, -0.05) is 31.0 Å². The Morgan fingerprint density at radius 2 is 1.95 bits per heavy atom. The van der Waals surface area contributed by atoms with Gasteiger partial charge in [0.1, 0.15) is 5.84 Å². The zero-order chi connectivity index (χ0) is 13.1. The van der Waals surface area contributed by atoms with E-state index in [-0.39, 0.29) is 5.91 Å². The average Bonchev–Trinajstić information content (AvgIpc) is 2.89. The van der Waals surface area contributed by atoms with Crippen LogP contribution in [-0.4, -0.2) is 18.3 Å². The number of hydrazine groups is 1. The fourth-order valence-electron chi connectivity index (χ4n) is 3.03. The van der Waals surface area contributed by atoms with Crippen molar-refractivity contribution < 1.29 is 4.79 Å². The van der Waals surface area contributed by atoms with E-state index in [0.717, 1.165) is 12.4 Å². The molecule has 1 fully saturated rings. The summed E-state index contributed by atoms with van der Waals surface area (Å²) in [5.74, 6) is 2.06. The van der Waals surface area contributed by atoms with Crippen molar-refractivity contribution in [3.63, 3.8) is 0 Å². The molecule has 1 aliphatic heterocycles. The van der Waals surface area contributed by atoms with Crippen LogP contribution < -0.4 is 10.9 Å². The molecular formula is C15H19N3O. The Morgan fingerprint density at radius 3 is 2.79 bits per heavy atom. The summed E-state index contributed by atoms with van der Waals surface area (Å²) in [6.45, 7) is 0.911.